The van der Waals surface area contributed by atoms with Crippen molar-refractivity contribution in [1.29, 1.82) is 0 Å². The van der Waals surface area contributed by atoms with E-state index in [9.17, 15) is 4.79 Å². The van der Waals surface area contributed by atoms with Crippen LogP contribution in [0.25, 0.3) is 0 Å². The van der Waals surface area contributed by atoms with Crippen LogP contribution in [0.2, 0.25) is 10.0 Å². The highest BCUT2D eigenvalue weighted by Gasteiger charge is 2.29. The fourth-order valence-electron chi connectivity index (χ4n) is 4.31. The summed E-state index contributed by atoms with van der Waals surface area (Å²) in [5.41, 5.74) is 2.71. The van der Waals surface area contributed by atoms with Gasteiger partial charge in [0.05, 0.1) is 30.0 Å². The number of fused-ring (bicyclic) bond motifs is 1. The number of carbonyl (C=O) groups excluding carboxylic acids is 1. The first-order valence-corrected chi connectivity index (χ1v) is 11.2. The lowest BCUT2D eigenvalue weighted by Crippen LogP contribution is -2.47. The number of benzene rings is 2. The number of amides is 1. The number of ether oxygens (including phenoxy) is 2. The summed E-state index contributed by atoms with van der Waals surface area (Å²) in [5, 5.41) is 1.21. The Kier molecular flexibility index (Phi) is 6.80. The molecule has 2 aliphatic rings. The quantitative estimate of drug-likeness (QED) is 0.616. The Hall–Kier alpha value is -2.15. The summed E-state index contributed by atoms with van der Waals surface area (Å²) >= 11 is 12.5. The number of halogens is 2. The maximum Gasteiger partial charge on any atom is 0.254 e. The molecule has 4 rings (SSSR count). The number of hydrogen-bond acceptors (Lipinski definition) is 5. The molecule has 0 N–H and O–H groups in total. The van der Waals surface area contributed by atoms with Gasteiger partial charge in [-0.25, -0.2) is 0 Å². The maximum atomic E-state index is 12.8. The maximum absolute atomic E-state index is 12.8. The number of methoxy groups -OCH3 is 2. The van der Waals surface area contributed by atoms with Crippen LogP contribution >= 0.6 is 23.2 Å². The van der Waals surface area contributed by atoms with Crippen LogP contribution < -0.4 is 14.4 Å². The van der Waals surface area contributed by atoms with E-state index in [-0.39, 0.29) is 5.91 Å². The van der Waals surface area contributed by atoms with Gasteiger partial charge >= 0.3 is 0 Å². The number of anilines is 1. The van der Waals surface area contributed by atoms with Crippen LogP contribution in [0.1, 0.15) is 22.3 Å². The van der Waals surface area contributed by atoms with Gasteiger partial charge in [0.25, 0.3) is 5.91 Å². The van der Waals surface area contributed by atoms with Gasteiger partial charge in [-0.05, 0) is 42.8 Å². The van der Waals surface area contributed by atoms with E-state index in [4.69, 9.17) is 32.7 Å². The van der Waals surface area contributed by atoms with Crippen molar-refractivity contribution in [3.05, 3.63) is 51.5 Å². The first-order chi connectivity index (χ1) is 15.0. The largest absolute Gasteiger partial charge is 0.493 e. The van der Waals surface area contributed by atoms with Gasteiger partial charge < -0.3 is 19.3 Å². The van der Waals surface area contributed by atoms with E-state index in [1.807, 2.05) is 29.2 Å². The van der Waals surface area contributed by atoms with Crippen LogP contribution in [0.3, 0.4) is 0 Å². The third kappa shape index (κ3) is 4.56. The van der Waals surface area contributed by atoms with Crippen LogP contribution in [0.15, 0.2) is 30.3 Å². The Morgan fingerprint density at radius 1 is 0.968 bits per heavy atom. The van der Waals surface area contributed by atoms with Gasteiger partial charge in [-0.3, -0.25) is 9.69 Å². The molecule has 2 aliphatic heterocycles. The Balaban J connectivity index is 1.27. The predicted octanol–water partition coefficient (Wildman–Crippen LogP) is 4.18. The van der Waals surface area contributed by atoms with Gasteiger partial charge in [-0.15, -0.1) is 0 Å². The predicted molar refractivity (Wildman–Crippen MR) is 124 cm³/mol. The highest BCUT2D eigenvalue weighted by Crippen LogP contribution is 2.35. The highest BCUT2D eigenvalue weighted by atomic mass is 35.5. The third-order valence-corrected chi connectivity index (χ3v) is 6.84. The monoisotopic (exact) mass is 463 g/mol. The molecule has 2 heterocycles. The van der Waals surface area contributed by atoms with E-state index in [1.54, 1.807) is 20.3 Å². The van der Waals surface area contributed by atoms with Crippen LogP contribution in [0.4, 0.5) is 5.69 Å². The second-order valence-corrected chi connectivity index (χ2v) is 8.63. The van der Waals surface area contributed by atoms with Gasteiger partial charge in [0.2, 0.25) is 0 Å². The summed E-state index contributed by atoms with van der Waals surface area (Å²) in [6, 6.07) is 9.47. The summed E-state index contributed by atoms with van der Waals surface area (Å²) in [4.78, 5) is 19.4. The van der Waals surface area contributed by atoms with Crippen molar-refractivity contribution >= 4 is 34.8 Å². The first-order valence-electron chi connectivity index (χ1n) is 10.5. The van der Waals surface area contributed by atoms with E-state index in [1.165, 1.54) is 0 Å². The lowest BCUT2D eigenvalue weighted by molar-refractivity contribution is 0.0770. The molecule has 0 radical (unpaired) electrons. The lowest BCUT2D eigenvalue weighted by Gasteiger charge is -2.36. The van der Waals surface area contributed by atoms with Crippen LogP contribution in [0.5, 0.6) is 11.5 Å². The number of nitrogens with zero attached hydrogens (tertiary/aromatic N) is 3. The SMILES string of the molecule is COc1cc2c(cc1OC)C(=O)N(CCCN1CCN(c3cccc(Cl)c3Cl)CC1)C2. The van der Waals surface area contributed by atoms with Crippen molar-refractivity contribution < 1.29 is 14.3 Å². The van der Waals surface area contributed by atoms with Gasteiger partial charge in [-0.1, -0.05) is 29.3 Å². The van der Waals surface area contributed by atoms with Gasteiger partial charge in [0.1, 0.15) is 0 Å². The molecule has 0 unspecified atom stereocenters. The number of carbonyl (C=O) groups is 1. The molecular weight excluding hydrogens is 437 g/mol. The molecule has 0 aliphatic carbocycles. The van der Waals surface area contributed by atoms with Gasteiger partial charge in [0, 0.05) is 44.8 Å². The zero-order valence-corrected chi connectivity index (χ0v) is 19.4. The zero-order valence-electron chi connectivity index (χ0n) is 17.9. The zero-order chi connectivity index (χ0) is 22.0. The van der Waals surface area contributed by atoms with Crippen LogP contribution in [-0.2, 0) is 6.54 Å². The van der Waals surface area contributed by atoms with Crippen molar-refractivity contribution in [2.24, 2.45) is 0 Å². The molecule has 0 atom stereocenters. The van der Waals surface area contributed by atoms with E-state index < -0.39 is 0 Å². The van der Waals surface area contributed by atoms with Gasteiger partial charge in [0.15, 0.2) is 11.5 Å². The second-order valence-electron chi connectivity index (χ2n) is 7.85. The van der Waals surface area contributed by atoms with E-state index in [0.717, 1.165) is 56.9 Å². The van der Waals surface area contributed by atoms with Crippen molar-refractivity contribution in [3.63, 3.8) is 0 Å². The molecule has 166 valence electrons. The Bertz CT molecular complexity index is 961. The molecule has 0 saturated carbocycles. The van der Waals surface area contributed by atoms with Crippen LogP contribution in [0, 0.1) is 0 Å². The summed E-state index contributed by atoms with van der Waals surface area (Å²) in [7, 11) is 3.19. The minimum Gasteiger partial charge on any atom is -0.493 e. The fourth-order valence-corrected chi connectivity index (χ4v) is 4.73. The first kappa shape index (κ1) is 22.1. The number of rotatable bonds is 7. The second kappa shape index (κ2) is 9.55. The highest BCUT2D eigenvalue weighted by molar-refractivity contribution is 6.43. The molecule has 2 aromatic rings. The summed E-state index contributed by atoms with van der Waals surface area (Å²) < 4.78 is 10.7. The molecule has 0 bridgehead atoms. The van der Waals surface area contributed by atoms with Crippen molar-refractivity contribution in [2.75, 3.05) is 58.4 Å². The molecule has 31 heavy (non-hydrogen) atoms. The number of hydrogen-bond donors (Lipinski definition) is 0. The van der Waals surface area contributed by atoms with E-state index in [2.05, 4.69) is 9.80 Å². The summed E-state index contributed by atoms with van der Waals surface area (Å²) in [6.07, 6.45) is 0.936. The lowest BCUT2D eigenvalue weighted by atomic mass is 10.1. The molecule has 1 saturated heterocycles. The Morgan fingerprint density at radius 3 is 2.39 bits per heavy atom. The Morgan fingerprint density at radius 2 is 1.68 bits per heavy atom. The van der Waals surface area contributed by atoms with Crippen molar-refractivity contribution in [1.82, 2.24) is 9.80 Å². The smallest absolute Gasteiger partial charge is 0.254 e. The third-order valence-electron chi connectivity index (χ3n) is 6.03. The molecule has 0 spiro atoms. The molecule has 0 aromatic heterocycles. The summed E-state index contributed by atoms with van der Waals surface area (Å²) in [6.45, 7) is 6.07. The van der Waals surface area contributed by atoms with E-state index in [0.29, 0.717) is 33.7 Å². The van der Waals surface area contributed by atoms with Gasteiger partial charge in [-0.2, -0.15) is 0 Å². The minimum absolute atomic E-state index is 0.0661. The average molecular weight is 464 g/mol. The molecule has 8 heteroatoms. The normalized spacial score (nSPS) is 16.6. The molecule has 6 nitrogen and oxygen atoms in total. The topological polar surface area (TPSA) is 45.3 Å². The van der Waals surface area contributed by atoms with Crippen molar-refractivity contribution in [3.8, 4) is 11.5 Å². The molecular formula is C23H27Cl2N3O3. The number of piperazine rings is 1. The average Bonchev–Trinajstić information content (AvgIpc) is 3.09. The fraction of sp³-hybridized carbons (Fsp3) is 0.435. The van der Waals surface area contributed by atoms with E-state index >= 15 is 0 Å². The minimum atomic E-state index is 0.0661. The molecule has 2 aromatic carbocycles. The summed E-state index contributed by atoms with van der Waals surface area (Å²) in [5.74, 6) is 1.32. The Labute approximate surface area is 193 Å². The van der Waals surface area contributed by atoms with Crippen molar-refractivity contribution in [2.45, 2.75) is 13.0 Å². The molecule has 1 fully saturated rings. The van der Waals surface area contributed by atoms with Crippen LogP contribution in [-0.4, -0.2) is 69.2 Å². The standard InChI is InChI=1S/C23H27Cl2N3O3/c1-30-20-13-16-15-28(23(29)17(16)14-21(20)31-2)8-4-7-26-9-11-27(12-10-26)19-6-3-5-18(24)22(19)25/h3,5-6,13-14H,4,7-12,15H2,1-2H3. The molecule has 1 amide bonds.